The number of pyridine rings is 1. The zero-order valence-corrected chi connectivity index (χ0v) is 14.0. The number of carbonyl (C=O) groups excluding carboxylic acids is 2. The SMILES string of the molecule is CN(CC(=O)N1CCCC(C(=O)O)C1)C(=O)c1cnn2ccccc12. The van der Waals surface area contributed by atoms with Gasteiger partial charge in [-0.05, 0) is 25.0 Å². The monoisotopic (exact) mass is 344 g/mol. The Labute approximate surface area is 144 Å². The topological polar surface area (TPSA) is 95.2 Å². The number of aromatic nitrogens is 2. The lowest BCUT2D eigenvalue weighted by Crippen LogP contribution is -2.46. The molecule has 8 heteroatoms. The highest BCUT2D eigenvalue weighted by atomic mass is 16.4. The number of carboxylic acid groups (broad SMARTS) is 1. The van der Waals surface area contributed by atoms with Crippen LogP contribution in [0.5, 0.6) is 0 Å². The Morgan fingerprint density at radius 3 is 2.92 bits per heavy atom. The third kappa shape index (κ3) is 3.47. The average Bonchev–Trinajstić information content (AvgIpc) is 3.05. The van der Waals surface area contributed by atoms with Crippen LogP contribution >= 0.6 is 0 Å². The summed E-state index contributed by atoms with van der Waals surface area (Å²) in [5.41, 5.74) is 1.11. The van der Waals surface area contributed by atoms with E-state index in [4.69, 9.17) is 5.11 Å². The molecule has 1 atom stereocenters. The Hall–Kier alpha value is -2.90. The number of amides is 2. The lowest BCUT2D eigenvalue weighted by atomic mass is 9.98. The van der Waals surface area contributed by atoms with Crippen LogP contribution < -0.4 is 0 Å². The van der Waals surface area contributed by atoms with Crippen molar-refractivity contribution in [2.45, 2.75) is 12.8 Å². The van der Waals surface area contributed by atoms with Crippen molar-refractivity contribution in [3.63, 3.8) is 0 Å². The predicted octanol–water partition coefficient (Wildman–Crippen LogP) is 0.730. The first-order chi connectivity index (χ1) is 12.0. The van der Waals surface area contributed by atoms with Gasteiger partial charge in [0.05, 0.1) is 29.7 Å². The maximum atomic E-state index is 12.6. The van der Waals surface area contributed by atoms with E-state index in [9.17, 15) is 14.4 Å². The molecule has 1 N–H and O–H groups in total. The summed E-state index contributed by atoms with van der Waals surface area (Å²) in [7, 11) is 1.56. The predicted molar refractivity (Wildman–Crippen MR) is 89.1 cm³/mol. The highest BCUT2D eigenvalue weighted by Gasteiger charge is 2.29. The molecule has 8 nitrogen and oxygen atoms in total. The van der Waals surface area contributed by atoms with Gasteiger partial charge in [-0.3, -0.25) is 14.4 Å². The van der Waals surface area contributed by atoms with Crippen LogP contribution in [0.15, 0.2) is 30.6 Å². The van der Waals surface area contributed by atoms with Crippen LogP contribution in [0.1, 0.15) is 23.2 Å². The summed E-state index contributed by atoms with van der Waals surface area (Å²) in [6, 6.07) is 5.42. The highest BCUT2D eigenvalue weighted by Crippen LogP contribution is 2.17. The molecule has 0 spiro atoms. The molecule has 2 aromatic heterocycles. The molecule has 1 saturated heterocycles. The Morgan fingerprint density at radius 2 is 2.16 bits per heavy atom. The molecule has 0 aromatic carbocycles. The van der Waals surface area contributed by atoms with Crippen LogP contribution in [0, 0.1) is 5.92 Å². The molecule has 1 aliphatic heterocycles. The third-order valence-electron chi connectivity index (χ3n) is 4.50. The molecule has 2 amide bonds. The van der Waals surface area contributed by atoms with E-state index in [2.05, 4.69) is 5.10 Å². The van der Waals surface area contributed by atoms with Gasteiger partial charge >= 0.3 is 5.97 Å². The van der Waals surface area contributed by atoms with Crippen molar-refractivity contribution in [2.24, 2.45) is 5.92 Å². The maximum Gasteiger partial charge on any atom is 0.308 e. The van der Waals surface area contributed by atoms with Crippen LogP contribution in [-0.2, 0) is 9.59 Å². The average molecular weight is 344 g/mol. The number of piperidine rings is 1. The fourth-order valence-electron chi connectivity index (χ4n) is 3.08. The van der Waals surface area contributed by atoms with Gasteiger partial charge in [0.15, 0.2) is 0 Å². The summed E-state index contributed by atoms with van der Waals surface area (Å²) in [5, 5.41) is 13.3. The molecule has 0 radical (unpaired) electrons. The van der Waals surface area contributed by atoms with Gasteiger partial charge < -0.3 is 14.9 Å². The summed E-state index contributed by atoms with van der Waals surface area (Å²) in [5.74, 6) is -1.94. The molecule has 132 valence electrons. The van der Waals surface area contributed by atoms with Gasteiger partial charge in [0.2, 0.25) is 5.91 Å². The van der Waals surface area contributed by atoms with Gasteiger partial charge in [-0.2, -0.15) is 5.10 Å². The Kier molecular flexibility index (Phi) is 4.69. The minimum atomic E-state index is -0.881. The first-order valence-corrected chi connectivity index (χ1v) is 8.16. The van der Waals surface area contributed by atoms with Gasteiger partial charge in [0.1, 0.15) is 0 Å². The summed E-state index contributed by atoms with van der Waals surface area (Å²) >= 11 is 0. The smallest absolute Gasteiger partial charge is 0.308 e. The largest absolute Gasteiger partial charge is 0.481 e. The number of rotatable bonds is 4. The number of hydrogen-bond acceptors (Lipinski definition) is 4. The third-order valence-corrected chi connectivity index (χ3v) is 4.50. The second-order valence-electron chi connectivity index (χ2n) is 6.27. The van der Waals surface area contributed by atoms with E-state index < -0.39 is 11.9 Å². The van der Waals surface area contributed by atoms with E-state index in [1.807, 2.05) is 12.1 Å². The minimum Gasteiger partial charge on any atom is -0.481 e. The zero-order chi connectivity index (χ0) is 18.0. The number of hydrogen-bond donors (Lipinski definition) is 1. The number of fused-ring (bicyclic) bond motifs is 1. The first-order valence-electron chi connectivity index (χ1n) is 8.16. The molecule has 25 heavy (non-hydrogen) atoms. The Morgan fingerprint density at radius 1 is 1.36 bits per heavy atom. The quantitative estimate of drug-likeness (QED) is 0.882. The standard InChI is InChI=1S/C17H20N4O4/c1-19(11-15(22)20-7-4-5-12(10-20)17(24)25)16(23)13-9-18-21-8-3-2-6-14(13)21/h2-3,6,8-9,12H,4-5,7,10-11H2,1H3,(H,24,25). The lowest BCUT2D eigenvalue weighted by Gasteiger charge is -2.32. The normalized spacial score (nSPS) is 17.5. The molecule has 3 rings (SSSR count). The Bertz CT molecular complexity index is 816. The van der Waals surface area contributed by atoms with E-state index in [0.717, 1.165) is 0 Å². The van der Waals surface area contributed by atoms with Crippen molar-refractivity contribution < 1.29 is 19.5 Å². The first kappa shape index (κ1) is 16.9. The highest BCUT2D eigenvalue weighted by molar-refractivity contribution is 6.01. The fourth-order valence-corrected chi connectivity index (χ4v) is 3.08. The molecule has 1 aliphatic rings. The zero-order valence-electron chi connectivity index (χ0n) is 14.0. The summed E-state index contributed by atoms with van der Waals surface area (Å²) in [6.07, 6.45) is 4.47. The molecule has 3 heterocycles. The van der Waals surface area contributed by atoms with E-state index in [1.165, 1.54) is 16.0 Å². The molecule has 1 fully saturated rings. The van der Waals surface area contributed by atoms with E-state index in [-0.39, 0.29) is 24.9 Å². The number of nitrogens with zero attached hydrogens (tertiary/aromatic N) is 4. The van der Waals surface area contributed by atoms with Gasteiger partial charge in [-0.15, -0.1) is 0 Å². The molecule has 0 aliphatic carbocycles. The van der Waals surface area contributed by atoms with Crippen molar-refractivity contribution in [3.8, 4) is 0 Å². The van der Waals surface area contributed by atoms with Gasteiger partial charge in [-0.1, -0.05) is 6.07 Å². The van der Waals surface area contributed by atoms with Crippen molar-refractivity contribution in [1.29, 1.82) is 0 Å². The van der Waals surface area contributed by atoms with Crippen LogP contribution in [0.2, 0.25) is 0 Å². The van der Waals surface area contributed by atoms with E-state index in [0.29, 0.717) is 30.5 Å². The number of likely N-dealkylation sites (N-methyl/N-ethyl adjacent to an activating group) is 1. The molecule has 1 unspecified atom stereocenters. The molecule has 2 aromatic rings. The Balaban J connectivity index is 1.67. The van der Waals surface area contributed by atoms with E-state index in [1.54, 1.807) is 23.8 Å². The van der Waals surface area contributed by atoms with Gasteiger partial charge in [0, 0.05) is 26.3 Å². The number of carboxylic acids is 1. The number of likely N-dealkylation sites (tertiary alicyclic amines) is 1. The summed E-state index contributed by atoms with van der Waals surface area (Å²) < 4.78 is 1.60. The van der Waals surface area contributed by atoms with Crippen LogP contribution in [-0.4, -0.2) is 69.0 Å². The van der Waals surface area contributed by atoms with Crippen LogP contribution in [0.25, 0.3) is 5.52 Å². The van der Waals surface area contributed by atoms with Crippen molar-refractivity contribution in [1.82, 2.24) is 19.4 Å². The number of aliphatic carboxylic acids is 1. The molecular formula is C17H20N4O4. The lowest BCUT2D eigenvalue weighted by molar-refractivity contribution is -0.145. The number of carbonyl (C=O) groups is 3. The summed E-state index contributed by atoms with van der Waals surface area (Å²) in [4.78, 5) is 39.0. The van der Waals surface area contributed by atoms with Crippen LogP contribution in [0.3, 0.4) is 0 Å². The molecule has 0 saturated carbocycles. The summed E-state index contributed by atoms with van der Waals surface area (Å²) in [6.45, 7) is 0.642. The molecule has 0 bridgehead atoms. The fraction of sp³-hybridized carbons (Fsp3) is 0.412. The van der Waals surface area contributed by atoms with Crippen molar-refractivity contribution in [2.75, 3.05) is 26.7 Å². The van der Waals surface area contributed by atoms with Gasteiger partial charge in [-0.25, -0.2) is 4.52 Å². The van der Waals surface area contributed by atoms with Crippen molar-refractivity contribution in [3.05, 3.63) is 36.2 Å². The second-order valence-corrected chi connectivity index (χ2v) is 6.27. The van der Waals surface area contributed by atoms with Gasteiger partial charge in [0.25, 0.3) is 5.91 Å². The van der Waals surface area contributed by atoms with E-state index >= 15 is 0 Å². The second kappa shape index (κ2) is 6.92. The van der Waals surface area contributed by atoms with Crippen LogP contribution in [0.4, 0.5) is 0 Å². The maximum absolute atomic E-state index is 12.6. The van der Waals surface area contributed by atoms with Crippen molar-refractivity contribution >= 4 is 23.3 Å². The molecular weight excluding hydrogens is 324 g/mol. The minimum absolute atomic E-state index is 0.0880.